The highest BCUT2D eigenvalue weighted by molar-refractivity contribution is 5.35. The Morgan fingerprint density at radius 1 is 1.15 bits per heavy atom. The molecule has 1 aliphatic carbocycles. The molecule has 0 saturated carbocycles. The van der Waals surface area contributed by atoms with Crippen molar-refractivity contribution in [3.8, 4) is 0 Å². The summed E-state index contributed by atoms with van der Waals surface area (Å²) in [5.41, 5.74) is 3.98. The van der Waals surface area contributed by atoms with Crippen LogP contribution < -0.4 is 5.32 Å². The summed E-state index contributed by atoms with van der Waals surface area (Å²) >= 11 is 0. The van der Waals surface area contributed by atoms with Gasteiger partial charge in [-0.2, -0.15) is 0 Å². The number of aromatic nitrogens is 2. The molecule has 0 spiro atoms. The van der Waals surface area contributed by atoms with Gasteiger partial charge in [-0.3, -0.25) is 0 Å². The summed E-state index contributed by atoms with van der Waals surface area (Å²) in [5, 5.41) is 3.41. The van der Waals surface area contributed by atoms with E-state index in [1.54, 1.807) is 0 Å². The van der Waals surface area contributed by atoms with Crippen LogP contribution in [0.15, 0.2) is 36.5 Å². The molecule has 0 radical (unpaired) electrons. The minimum absolute atomic E-state index is 0.436. The molecular formula is C17H21N3. The molecule has 20 heavy (non-hydrogen) atoms. The first-order valence-corrected chi connectivity index (χ1v) is 7.34. The molecule has 1 N–H and O–H groups in total. The van der Waals surface area contributed by atoms with E-state index in [9.17, 15) is 0 Å². The number of fused-ring (bicyclic) bond motifs is 1. The molecule has 0 atom stereocenters. The van der Waals surface area contributed by atoms with Gasteiger partial charge in [0.15, 0.2) is 0 Å². The van der Waals surface area contributed by atoms with Crippen LogP contribution in [0.3, 0.4) is 0 Å². The number of hydrogen-bond acceptors (Lipinski definition) is 3. The lowest BCUT2D eigenvalue weighted by atomic mass is 10.1. The molecule has 104 valence electrons. The second kappa shape index (κ2) is 5.71. The number of benzene rings is 1. The first-order valence-electron chi connectivity index (χ1n) is 7.34. The summed E-state index contributed by atoms with van der Waals surface area (Å²) in [6.45, 7) is 5.11. The Hall–Kier alpha value is -1.74. The summed E-state index contributed by atoms with van der Waals surface area (Å²) in [6, 6.07) is 11.2. The smallest absolute Gasteiger partial charge is 0.132 e. The Morgan fingerprint density at radius 3 is 2.50 bits per heavy atom. The van der Waals surface area contributed by atoms with E-state index in [4.69, 9.17) is 4.98 Å². The summed E-state index contributed by atoms with van der Waals surface area (Å²) < 4.78 is 0. The molecule has 0 amide bonds. The molecule has 1 aromatic carbocycles. The molecule has 0 fully saturated rings. The SMILES string of the molecule is CC(C)NCc1ccnc(C2Cc3ccccc3C2)n1. The van der Waals surface area contributed by atoms with E-state index in [1.807, 2.05) is 12.3 Å². The second-order valence-electron chi connectivity index (χ2n) is 5.82. The minimum atomic E-state index is 0.436. The third-order valence-electron chi connectivity index (χ3n) is 3.84. The highest BCUT2D eigenvalue weighted by Gasteiger charge is 2.24. The lowest BCUT2D eigenvalue weighted by Crippen LogP contribution is -2.23. The van der Waals surface area contributed by atoms with Crippen molar-refractivity contribution >= 4 is 0 Å². The van der Waals surface area contributed by atoms with Crippen LogP contribution in [0.4, 0.5) is 0 Å². The Labute approximate surface area is 120 Å². The fraction of sp³-hybridized carbons (Fsp3) is 0.412. The van der Waals surface area contributed by atoms with E-state index in [1.165, 1.54) is 11.1 Å². The van der Waals surface area contributed by atoms with Crippen LogP contribution in [0.1, 0.15) is 42.4 Å². The van der Waals surface area contributed by atoms with Crippen LogP contribution in [0.2, 0.25) is 0 Å². The van der Waals surface area contributed by atoms with E-state index in [0.717, 1.165) is 30.9 Å². The van der Waals surface area contributed by atoms with E-state index in [0.29, 0.717) is 12.0 Å². The van der Waals surface area contributed by atoms with Gasteiger partial charge in [0.1, 0.15) is 5.82 Å². The van der Waals surface area contributed by atoms with Crippen molar-refractivity contribution in [1.82, 2.24) is 15.3 Å². The highest BCUT2D eigenvalue weighted by Crippen LogP contribution is 2.31. The maximum Gasteiger partial charge on any atom is 0.132 e. The van der Waals surface area contributed by atoms with Crippen molar-refractivity contribution in [1.29, 1.82) is 0 Å². The van der Waals surface area contributed by atoms with Crippen molar-refractivity contribution in [3.05, 3.63) is 59.2 Å². The van der Waals surface area contributed by atoms with Crippen LogP contribution in [-0.2, 0) is 19.4 Å². The van der Waals surface area contributed by atoms with Crippen molar-refractivity contribution in [2.45, 2.75) is 45.2 Å². The monoisotopic (exact) mass is 267 g/mol. The highest BCUT2D eigenvalue weighted by atomic mass is 14.9. The average Bonchev–Trinajstić information content (AvgIpc) is 2.89. The van der Waals surface area contributed by atoms with Crippen LogP contribution in [0, 0.1) is 0 Å². The lowest BCUT2D eigenvalue weighted by molar-refractivity contribution is 0.574. The minimum Gasteiger partial charge on any atom is -0.309 e. The maximum absolute atomic E-state index is 4.74. The molecule has 0 unspecified atom stereocenters. The second-order valence-corrected chi connectivity index (χ2v) is 5.82. The third kappa shape index (κ3) is 2.88. The van der Waals surface area contributed by atoms with Crippen LogP contribution in [0.25, 0.3) is 0 Å². The first kappa shape index (κ1) is 13.3. The van der Waals surface area contributed by atoms with Gasteiger partial charge in [-0.1, -0.05) is 38.1 Å². The van der Waals surface area contributed by atoms with Crippen LogP contribution >= 0.6 is 0 Å². The summed E-state index contributed by atoms with van der Waals surface area (Å²) in [4.78, 5) is 9.23. The van der Waals surface area contributed by atoms with Gasteiger partial charge in [0, 0.05) is 24.7 Å². The zero-order valence-corrected chi connectivity index (χ0v) is 12.1. The van der Waals surface area contributed by atoms with Gasteiger partial charge < -0.3 is 5.32 Å². The number of nitrogens with zero attached hydrogens (tertiary/aromatic N) is 2. The molecule has 0 aliphatic heterocycles. The molecule has 3 nitrogen and oxygen atoms in total. The predicted molar refractivity (Wildman–Crippen MR) is 80.6 cm³/mol. The first-order chi connectivity index (χ1) is 9.72. The van der Waals surface area contributed by atoms with Crippen LogP contribution in [0.5, 0.6) is 0 Å². The molecule has 0 saturated heterocycles. The maximum atomic E-state index is 4.74. The Kier molecular flexibility index (Phi) is 3.79. The topological polar surface area (TPSA) is 37.8 Å². The molecule has 3 rings (SSSR count). The third-order valence-corrected chi connectivity index (χ3v) is 3.84. The summed E-state index contributed by atoms with van der Waals surface area (Å²) in [6.07, 6.45) is 4.02. The lowest BCUT2D eigenvalue weighted by Gasteiger charge is -2.11. The van der Waals surface area contributed by atoms with Gasteiger partial charge in [-0.15, -0.1) is 0 Å². The van der Waals surface area contributed by atoms with E-state index >= 15 is 0 Å². The summed E-state index contributed by atoms with van der Waals surface area (Å²) in [5.74, 6) is 1.43. The molecule has 0 bridgehead atoms. The van der Waals surface area contributed by atoms with Gasteiger partial charge in [-0.05, 0) is 30.0 Å². The number of rotatable bonds is 4. The van der Waals surface area contributed by atoms with Gasteiger partial charge in [-0.25, -0.2) is 9.97 Å². The molecule has 1 aliphatic rings. The van der Waals surface area contributed by atoms with E-state index in [2.05, 4.69) is 48.4 Å². The fourth-order valence-corrected chi connectivity index (χ4v) is 2.76. The molecule has 1 aromatic heterocycles. The Bertz CT molecular complexity index is 567. The zero-order chi connectivity index (χ0) is 13.9. The van der Waals surface area contributed by atoms with Gasteiger partial charge in [0.05, 0.1) is 5.69 Å². The zero-order valence-electron chi connectivity index (χ0n) is 12.1. The van der Waals surface area contributed by atoms with E-state index < -0.39 is 0 Å². The summed E-state index contributed by atoms with van der Waals surface area (Å²) in [7, 11) is 0. The van der Waals surface area contributed by atoms with Crippen LogP contribution in [-0.4, -0.2) is 16.0 Å². The van der Waals surface area contributed by atoms with Crippen molar-refractivity contribution < 1.29 is 0 Å². The largest absolute Gasteiger partial charge is 0.309 e. The molecule has 2 aromatic rings. The van der Waals surface area contributed by atoms with Crippen molar-refractivity contribution in [3.63, 3.8) is 0 Å². The van der Waals surface area contributed by atoms with Gasteiger partial charge >= 0.3 is 0 Å². The Balaban J connectivity index is 1.74. The normalized spacial score (nSPS) is 14.8. The predicted octanol–water partition coefficient (Wildman–Crippen LogP) is 2.86. The standard InChI is InChI=1S/C17H21N3/c1-12(2)19-11-16-7-8-18-17(20-16)15-9-13-5-3-4-6-14(13)10-15/h3-8,12,15,19H,9-11H2,1-2H3. The Morgan fingerprint density at radius 2 is 1.85 bits per heavy atom. The van der Waals surface area contributed by atoms with Gasteiger partial charge in [0.2, 0.25) is 0 Å². The number of nitrogens with one attached hydrogen (secondary N) is 1. The average molecular weight is 267 g/mol. The van der Waals surface area contributed by atoms with Crippen molar-refractivity contribution in [2.24, 2.45) is 0 Å². The van der Waals surface area contributed by atoms with E-state index in [-0.39, 0.29) is 0 Å². The fourth-order valence-electron chi connectivity index (χ4n) is 2.76. The quantitative estimate of drug-likeness (QED) is 0.925. The molecular weight excluding hydrogens is 246 g/mol. The van der Waals surface area contributed by atoms with Gasteiger partial charge in [0.25, 0.3) is 0 Å². The molecule has 1 heterocycles. The van der Waals surface area contributed by atoms with Crippen molar-refractivity contribution in [2.75, 3.05) is 0 Å². The number of hydrogen-bond donors (Lipinski definition) is 1. The molecule has 3 heteroatoms.